The van der Waals surface area contributed by atoms with Crippen molar-refractivity contribution in [3.63, 3.8) is 0 Å². The van der Waals surface area contributed by atoms with Crippen molar-refractivity contribution in [2.24, 2.45) is 5.92 Å². The maximum absolute atomic E-state index is 3.40. The molecule has 13 heavy (non-hydrogen) atoms. The van der Waals surface area contributed by atoms with Crippen LogP contribution in [0.3, 0.4) is 0 Å². The van der Waals surface area contributed by atoms with Crippen molar-refractivity contribution < 1.29 is 0 Å². The van der Waals surface area contributed by atoms with Gasteiger partial charge in [0, 0.05) is 11.8 Å². The summed E-state index contributed by atoms with van der Waals surface area (Å²) in [7, 11) is 0. The standard InChI is InChI=1S/C11H23NS/c1-3-12-8-10(2)13-9-11-6-4-5-7-11/h10-12H,3-9H2,1-2H3. The van der Waals surface area contributed by atoms with Crippen molar-refractivity contribution in [1.82, 2.24) is 5.32 Å². The first-order valence-electron chi connectivity index (χ1n) is 5.65. The summed E-state index contributed by atoms with van der Waals surface area (Å²) >= 11 is 2.15. The first kappa shape index (κ1) is 11.4. The van der Waals surface area contributed by atoms with E-state index in [9.17, 15) is 0 Å². The van der Waals surface area contributed by atoms with E-state index in [4.69, 9.17) is 0 Å². The molecule has 0 bridgehead atoms. The van der Waals surface area contributed by atoms with E-state index in [-0.39, 0.29) is 0 Å². The monoisotopic (exact) mass is 201 g/mol. The molecule has 1 rings (SSSR count). The van der Waals surface area contributed by atoms with Crippen LogP contribution in [0.2, 0.25) is 0 Å². The Kier molecular flexibility index (Phi) is 5.88. The largest absolute Gasteiger partial charge is 0.316 e. The van der Waals surface area contributed by atoms with Crippen LogP contribution < -0.4 is 5.32 Å². The third-order valence-electron chi connectivity index (χ3n) is 2.77. The van der Waals surface area contributed by atoms with E-state index >= 15 is 0 Å². The lowest BCUT2D eigenvalue weighted by Crippen LogP contribution is -2.22. The molecule has 0 radical (unpaired) electrons. The number of rotatable bonds is 6. The maximum atomic E-state index is 3.40. The fourth-order valence-electron chi connectivity index (χ4n) is 1.88. The van der Waals surface area contributed by atoms with Gasteiger partial charge in [-0.25, -0.2) is 0 Å². The second-order valence-electron chi connectivity index (χ2n) is 4.10. The normalized spacial score (nSPS) is 20.8. The number of nitrogens with one attached hydrogen (secondary N) is 1. The van der Waals surface area contributed by atoms with Crippen molar-refractivity contribution in [3.8, 4) is 0 Å². The van der Waals surface area contributed by atoms with Gasteiger partial charge in [0.25, 0.3) is 0 Å². The Balaban J connectivity index is 1.97. The molecular formula is C11H23NS. The molecule has 1 unspecified atom stereocenters. The first-order valence-corrected chi connectivity index (χ1v) is 6.70. The summed E-state index contributed by atoms with van der Waals surface area (Å²) in [6.07, 6.45) is 5.93. The Hall–Kier alpha value is 0.310. The Morgan fingerprint density at radius 3 is 2.69 bits per heavy atom. The van der Waals surface area contributed by atoms with Crippen molar-refractivity contribution in [2.45, 2.75) is 44.8 Å². The number of hydrogen-bond donors (Lipinski definition) is 1. The van der Waals surface area contributed by atoms with Gasteiger partial charge in [-0.2, -0.15) is 11.8 Å². The molecule has 1 N–H and O–H groups in total. The smallest absolute Gasteiger partial charge is 0.0144 e. The summed E-state index contributed by atoms with van der Waals surface area (Å²) in [4.78, 5) is 0. The minimum Gasteiger partial charge on any atom is -0.316 e. The van der Waals surface area contributed by atoms with E-state index in [1.807, 2.05) is 0 Å². The van der Waals surface area contributed by atoms with Gasteiger partial charge >= 0.3 is 0 Å². The summed E-state index contributed by atoms with van der Waals surface area (Å²) in [5, 5.41) is 4.19. The first-order chi connectivity index (χ1) is 6.33. The van der Waals surface area contributed by atoms with Crippen LogP contribution >= 0.6 is 11.8 Å². The predicted molar refractivity (Wildman–Crippen MR) is 62.4 cm³/mol. The number of hydrogen-bond acceptors (Lipinski definition) is 2. The topological polar surface area (TPSA) is 12.0 Å². The fraction of sp³-hybridized carbons (Fsp3) is 1.00. The highest BCUT2D eigenvalue weighted by atomic mass is 32.2. The fourth-order valence-corrected chi connectivity index (χ4v) is 3.05. The molecule has 0 heterocycles. The van der Waals surface area contributed by atoms with Gasteiger partial charge < -0.3 is 5.32 Å². The van der Waals surface area contributed by atoms with Gasteiger partial charge in [-0.15, -0.1) is 0 Å². The van der Waals surface area contributed by atoms with E-state index in [1.165, 1.54) is 38.0 Å². The van der Waals surface area contributed by atoms with E-state index in [0.717, 1.165) is 17.7 Å². The van der Waals surface area contributed by atoms with Crippen LogP contribution in [-0.4, -0.2) is 24.1 Å². The molecule has 1 atom stereocenters. The third kappa shape index (κ3) is 4.92. The molecule has 1 aliphatic carbocycles. The summed E-state index contributed by atoms with van der Waals surface area (Å²) < 4.78 is 0. The van der Waals surface area contributed by atoms with Gasteiger partial charge in [0.05, 0.1) is 0 Å². The van der Waals surface area contributed by atoms with E-state index in [2.05, 4.69) is 30.9 Å². The zero-order chi connectivity index (χ0) is 9.52. The van der Waals surface area contributed by atoms with Crippen LogP contribution in [-0.2, 0) is 0 Å². The average Bonchev–Trinajstić information content (AvgIpc) is 2.64. The molecule has 0 aromatic rings. The third-order valence-corrected chi connectivity index (χ3v) is 4.17. The average molecular weight is 201 g/mol. The highest BCUT2D eigenvalue weighted by Gasteiger charge is 2.15. The molecule has 0 amide bonds. The Morgan fingerprint density at radius 2 is 2.08 bits per heavy atom. The number of thioether (sulfide) groups is 1. The van der Waals surface area contributed by atoms with Gasteiger partial charge in [-0.3, -0.25) is 0 Å². The van der Waals surface area contributed by atoms with Crippen LogP contribution in [0.4, 0.5) is 0 Å². The van der Waals surface area contributed by atoms with Crippen molar-refractivity contribution in [3.05, 3.63) is 0 Å². The molecule has 2 heteroatoms. The van der Waals surface area contributed by atoms with Crippen molar-refractivity contribution in [1.29, 1.82) is 0 Å². The second-order valence-corrected chi connectivity index (χ2v) is 5.57. The zero-order valence-electron chi connectivity index (χ0n) is 9.01. The SMILES string of the molecule is CCNCC(C)SCC1CCCC1. The summed E-state index contributed by atoms with van der Waals surface area (Å²) in [6.45, 7) is 6.79. The van der Waals surface area contributed by atoms with Crippen LogP contribution in [0.5, 0.6) is 0 Å². The van der Waals surface area contributed by atoms with Gasteiger partial charge in [-0.05, 0) is 31.1 Å². The van der Waals surface area contributed by atoms with Gasteiger partial charge in [0.1, 0.15) is 0 Å². The predicted octanol–water partition coefficient (Wildman–Crippen LogP) is 2.91. The van der Waals surface area contributed by atoms with E-state index in [0.29, 0.717) is 0 Å². The van der Waals surface area contributed by atoms with Gasteiger partial charge in [-0.1, -0.05) is 26.7 Å². The molecule has 1 fully saturated rings. The second kappa shape index (κ2) is 6.72. The van der Waals surface area contributed by atoms with Crippen LogP contribution in [0.25, 0.3) is 0 Å². The Labute approximate surface area is 87.1 Å². The molecule has 1 aliphatic rings. The lowest BCUT2D eigenvalue weighted by Gasteiger charge is -2.14. The molecular weight excluding hydrogens is 178 g/mol. The molecule has 0 aromatic heterocycles. The lowest BCUT2D eigenvalue weighted by atomic mass is 10.1. The van der Waals surface area contributed by atoms with Crippen molar-refractivity contribution >= 4 is 11.8 Å². The molecule has 0 aromatic carbocycles. The van der Waals surface area contributed by atoms with Crippen LogP contribution in [0.15, 0.2) is 0 Å². The molecule has 1 nitrogen and oxygen atoms in total. The van der Waals surface area contributed by atoms with Crippen LogP contribution in [0.1, 0.15) is 39.5 Å². The van der Waals surface area contributed by atoms with Crippen molar-refractivity contribution in [2.75, 3.05) is 18.8 Å². The molecule has 78 valence electrons. The molecule has 0 saturated heterocycles. The quantitative estimate of drug-likeness (QED) is 0.709. The highest BCUT2D eigenvalue weighted by Crippen LogP contribution is 2.29. The molecule has 0 spiro atoms. The van der Waals surface area contributed by atoms with E-state index in [1.54, 1.807) is 0 Å². The molecule has 0 aliphatic heterocycles. The lowest BCUT2D eigenvalue weighted by molar-refractivity contribution is 0.620. The highest BCUT2D eigenvalue weighted by molar-refractivity contribution is 7.99. The summed E-state index contributed by atoms with van der Waals surface area (Å²) in [6, 6.07) is 0. The zero-order valence-corrected chi connectivity index (χ0v) is 9.83. The van der Waals surface area contributed by atoms with E-state index < -0.39 is 0 Å². The summed E-state index contributed by atoms with van der Waals surface area (Å²) in [5.74, 6) is 2.43. The maximum Gasteiger partial charge on any atom is 0.0144 e. The molecule has 1 saturated carbocycles. The van der Waals surface area contributed by atoms with Gasteiger partial charge in [0.2, 0.25) is 0 Å². The minimum absolute atomic E-state index is 0.792. The Morgan fingerprint density at radius 1 is 1.38 bits per heavy atom. The summed E-state index contributed by atoms with van der Waals surface area (Å²) in [5.41, 5.74) is 0. The minimum atomic E-state index is 0.792. The Bertz CT molecular complexity index is 121. The van der Waals surface area contributed by atoms with Gasteiger partial charge in [0.15, 0.2) is 0 Å². The van der Waals surface area contributed by atoms with Crippen LogP contribution in [0, 0.1) is 5.92 Å².